The van der Waals surface area contributed by atoms with Gasteiger partial charge in [0.05, 0.1) is 0 Å². The fraction of sp³-hybridized carbons (Fsp3) is 1.00. The van der Waals surface area contributed by atoms with E-state index in [1.54, 1.807) is 6.92 Å². The molecule has 0 bridgehead atoms. The highest BCUT2D eigenvalue weighted by molar-refractivity contribution is 7.60. The van der Waals surface area contributed by atoms with E-state index in [-0.39, 0.29) is 0 Å². The summed E-state index contributed by atoms with van der Waals surface area (Å²) in [4.78, 5) is 25.9. The summed E-state index contributed by atoms with van der Waals surface area (Å²) >= 11 is 0. The minimum atomic E-state index is -3.49. The first-order valence-electron chi connectivity index (χ1n) is 4.26. The van der Waals surface area contributed by atoms with Gasteiger partial charge in [0.25, 0.3) is 0 Å². The van der Waals surface area contributed by atoms with E-state index in [0.717, 1.165) is 18.8 Å². The molecule has 1 fully saturated rings. The molecule has 1 saturated carbocycles. The summed E-state index contributed by atoms with van der Waals surface area (Å²) in [5.74, 6) is 0.833. The Morgan fingerprint density at radius 1 is 1.08 bits per heavy atom. The number of rotatable bonds is 1. The Morgan fingerprint density at radius 3 is 1.33 bits per heavy atom. The predicted octanol–water partition coefficient (Wildman–Crippen LogP) is 1.94. The molecule has 0 heterocycles. The molecular formula is C8H20O3P+. The Balaban J connectivity index is 0.000000261. The van der Waals surface area contributed by atoms with Crippen molar-refractivity contribution in [2.24, 2.45) is 5.92 Å². The van der Waals surface area contributed by atoms with Crippen LogP contribution in [0.5, 0.6) is 0 Å². The third-order valence-electron chi connectivity index (χ3n) is 1.70. The van der Waals surface area contributed by atoms with Crippen molar-refractivity contribution >= 4 is 7.94 Å². The Hall–Kier alpha value is 0.310. The maximum atomic E-state index is 8.64. The van der Waals surface area contributed by atoms with Gasteiger partial charge in [-0.05, 0) is 25.7 Å². The summed E-state index contributed by atoms with van der Waals surface area (Å²) in [5, 5.41) is -0.535. The molecule has 1 aliphatic rings. The van der Waals surface area contributed by atoms with Crippen LogP contribution in [0.4, 0.5) is 0 Å². The van der Waals surface area contributed by atoms with Crippen LogP contribution in [0.25, 0.3) is 0 Å². The monoisotopic (exact) mass is 195 g/mol. The molecule has 0 aromatic heterocycles. The summed E-state index contributed by atoms with van der Waals surface area (Å²) in [5.41, 5.74) is 0. The molecule has 3 N–H and O–H groups in total. The van der Waals surface area contributed by atoms with Gasteiger partial charge in [0, 0.05) is 0 Å². The Kier molecular flexibility index (Phi) is 4.12. The molecule has 0 spiro atoms. The molecule has 0 radical (unpaired) electrons. The molecule has 0 aliphatic heterocycles. The van der Waals surface area contributed by atoms with Crippen molar-refractivity contribution in [3.63, 3.8) is 0 Å². The first-order chi connectivity index (χ1) is 5.19. The average Bonchev–Trinajstić information content (AvgIpc) is 2.43. The van der Waals surface area contributed by atoms with Crippen molar-refractivity contribution in [3.8, 4) is 0 Å². The van der Waals surface area contributed by atoms with Crippen LogP contribution in [0.3, 0.4) is 0 Å². The summed E-state index contributed by atoms with van der Waals surface area (Å²) < 4.78 is 0. The first kappa shape index (κ1) is 12.3. The van der Waals surface area contributed by atoms with Crippen molar-refractivity contribution < 1.29 is 14.7 Å². The SMILES string of the molecule is CC(C)C.CC1([P+](O)(O)O)CC1. The standard InChI is InChI=1S/C4H10O3P.C4H10/c1-4(2-3-4)8(5,6)7;1-4(2)3/h5-7H,2-3H2,1H3;4H,1-3H3/q+1;. The molecule has 74 valence electrons. The van der Waals surface area contributed by atoms with Gasteiger partial charge in [-0.25, -0.2) is 0 Å². The van der Waals surface area contributed by atoms with Gasteiger partial charge >= 0.3 is 7.94 Å². The lowest BCUT2D eigenvalue weighted by molar-refractivity contribution is 0.314. The van der Waals surface area contributed by atoms with Crippen molar-refractivity contribution in [3.05, 3.63) is 0 Å². The second kappa shape index (κ2) is 4.01. The van der Waals surface area contributed by atoms with Gasteiger partial charge in [0.1, 0.15) is 0 Å². The van der Waals surface area contributed by atoms with Crippen molar-refractivity contribution in [1.29, 1.82) is 0 Å². The van der Waals surface area contributed by atoms with Crippen LogP contribution >= 0.6 is 7.94 Å². The molecule has 1 aliphatic carbocycles. The number of hydrogen-bond donors (Lipinski definition) is 3. The van der Waals surface area contributed by atoms with E-state index in [2.05, 4.69) is 20.8 Å². The Bertz CT molecular complexity index is 130. The lowest BCUT2D eigenvalue weighted by Gasteiger charge is -2.08. The van der Waals surface area contributed by atoms with Crippen LogP contribution in [-0.2, 0) is 0 Å². The van der Waals surface area contributed by atoms with Crippen molar-refractivity contribution in [2.75, 3.05) is 0 Å². The van der Waals surface area contributed by atoms with Gasteiger partial charge in [-0.15, -0.1) is 0 Å². The molecule has 0 amide bonds. The Morgan fingerprint density at radius 2 is 1.33 bits per heavy atom. The fourth-order valence-electron chi connectivity index (χ4n) is 0.481. The molecule has 12 heavy (non-hydrogen) atoms. The summed E-state index contributed by atoms with van der Waals surface area (Å²) in [6, 6.07) is 0. The highest BCUT2D eigenvalue weighted by Gasteiger charge is 2.63. The normalized spacial score (nSPS) is 20.0. The zero-order valence-electron chi connectivity index (χ0n) is 8.28. The second-order valence-electron chi connectivity index (χ2n) is 4.30. The lowest BCUT2D eigenvalue weighted by atomic mass is 10.3. The highest BCUT2D eigenvalue weighted by atomic mass is 31.2. The van der Waals surface area contributed by atoms with E-state index in [9.17, 15) is 0 Å². The molecule has 0 aromatic carbocycles. The predicted molar refractivity (Wildman–Crippen MR) is 51.7 cm³/mol. The quantitative estimate of drug-likeness (QED) is 0.560. The van der Waals surface area contributed by atoms with Gasteiger partial charge in [-0.1, -0.05) is 20.8 Å². The van der Waals surface area contributed by atoms with Crippen LogP contribution in [0, 0.1) is 5.92 Å². The smallest absolute Gasteiger partial charge is 0.192 e. The third kappa shape index (κ3) is 4.36. The van der Waals surface area contributed by atoms with Crippen LogP contribution < -0.4 is 0 Å². The van der Waals surface area contributed by atoms with Crippen LogP contribution in [0.1, 0.15) is 40.5 Å². The van der Waals surface area contributed by atoms with Gasteiger partial charge in [0.2, 0.25) is 0 Å². The summed E-state index contributed by atoms with van der Waals surface area (Å²) in [6.07, 6.45) is 1.48. The molecule has 0 saturated heterocycles. The molecular weight excluding hydrogens is 175 g/mol. The van der Waals surface area contributed by atoms with E-state index in [1.165, 1.54) is 0 Å². The minimum absolute atomic E-state index is 0.535. The van der Waals surface area contributed by atoms with Gasteiger partial charge in [-0.2, -0.15) is 14.7 Å². The first-order valence-corrected chi connectivity index (χ1v) is 5.91. The zero-order chi connectivity index (χ0) is 9.99. The summed E-state index contributed by atoms with van der Waals surface area (Å²) in [6.45, 7) is 8.18. The van der Waals surface area contributed by atoms with Crippen LogP contribution in [-0.4, -0.2) is 19.8 Å². The zero-order valence-corrected chi connectivity index (χ0v) is 9.17. The van der Waals surface area contributed by atoms with Gasteiger partial charge in [-0.3, -0.25) is 0 Å². The number of hydrogen-bond acceptors (Lipinski definition) is 3. The molecule has 0 aromatic rings. The Labute approximate surface area is 75.0 Å². The molecule has 0 atom stereocenters. The maximum absolute atomic E-state index is 8.64. The third-order valence-corrected chi connectivity index (χ3v) is 3.59. The van der Waals surface area contributed by atoms with E-state index < -0.39 is 13.1 Å². The van der Waals surface area contributed by atoms with Gasteiger partial charge < -0.3 is 0 Å². The largest absolute Gasteiger partial charge is 0.409 e. The lowest BCUT2D eigenvalue weighted by Crippen LogP contribution is -2.07. The van der Waals surface area contributed by atoms with Crippen molar-refractivity contribution in [2.45, 2.75) is 45.7 Å². The molecule has 1 rings (SSSR count). The van der Waals surface area contributed by atoms with Crippen LogP contribution in [0.2, 0.25) is 0 Å². The molecule has 3 nitrogen and oxygen atoms in total. The topological polar surface area (TPSA) is 60.7 Å². The van der Waals surface area contributed by atoms with E-state index in [0.29, 0.717) is 0 Å². The molecule has 0 unspecified atom stereocenters. The summed E-state index contributed by atoms with van der Waals surface area (Å²) in [7, 11) is -3.49. The van der Waals surface area contributed by atoms with E-state index in [4.69, 9.17) is 14.7 Å². The highest BCUT2D eigenvalue weighted by Crippen LogP contribution is 2.70. The molecule has 4 heteroatoms. The maximum Gasteiger partial charge on any atom is 0.409 e. The van der Waals surface area contributed by atoms with Crippen molar-refractivity contribution in [1.82, 2.24) is 0 Å². The van der Waals surface area contributed by atoms with E-state index >= 15 is 0 Å². The average molecular weight is 195 g/mol. The van der Waals surface area contributed by atoms with Gasteiger partial charge in [0.15, 0.2) is 5.16 Å². The minimum Gasteiger partial charge on any atom is -0.192 e. The second-order valence-corrected chi connectivity index (χ2v) is 6.51. The fourth-order valence-corrected chi connectivity index (χ4v) is 1.19. The van der Waals surface area contributed by atoms with Crippen LogP contribution in [0.15, 0.2) is 0 Å². The van der Waals surface area contributed by atoms with E-state index in [1.807, 2.05) is 0 Å².